The van der Waals surface area contributed by atoms with E-state index >= 15 is 0 Å². The van der Waals surface area contributed by atoms with E-state index < -0.39 is 10.8 Å². The molecule has 17 heavy (non-hydrogen) atoms. The minimum atomic E-state index is -0.574. The van der Waals surface area contributed by atoms with E-state index in [9.17, 15) is 4.21 Å². The lowest BCUT2D eigenvalue weighted by Crippen LogP contribution is -2.38. The first-order valence-electron chi connectivity index (χ1n) is 7.38. The molecule has 0 saturated heterocycles. The van der Waals surface area contributed by atoms with Gasteiger partial charge in [-0.15, -0.1) is 0 Å². The van der Waals surface area contributed by atoms with Crippen LogP contribution in [-0.4, -0.2) is 27.8 Å². The van der Waals surface area contributed by atoms with Crippen molar-refractivity contribution in [2.24, 2.45) is 0 Å². The monoisotopic (exact) mass is 259 g/mol. The van der Waals surface area contributed by atoms with Crippen molar-refractivity contribution in [3.05, 3.63) is 0 Å². The molecule has 0 amide bonds. The standard InChI is InChI=1S/C14H29NOS/c1-3-5-6-11-17(16)14-9-7-8-13(12-14)15-10-4-2/h13-15H,3-12H2,1-2H3. The van der Waals surface area contributed by atoms with E-state index in [1.54, 1.807) is 0 Å². The van der Waals surface area contributed by atoms with Gasteiger partial charge in [-0.3, -0.25) is 4.21 Å². The van der Waals surface area contributed by atoms with Gasteiger partial charge >= 0.3 is 0 Å². The summed E-state index contributed by atoms with van der Waals surface area (Å²) >= 11 is 0. The highest BCUT2D eigenvalue weighted by Gasteiger charge is 2.25. The van der Waals surface area contributed by atoms with Crippen molar-refractivity contribution in [3.63, 3.8) is 0 Å². The Bertz CT molecular complexity index is 220. The van der Waals surface area contributed by atoms with E-state index in [0.717, 1.165) is 25.1 Å². The molecule has 0 heterocycles. The molecule has 1 aliphatic rings. The van der Waals surface area contributed by atoms with Gasteiger partial charge in [0.15, 0.2) is 0 Å². The summed E-state index contributed by atoms with van der Waals surface area (Å²) < 4.78 is 12.2. The van der Waals surface area contributed by atoms with Crippen molar-refractivity contribution in [3.8, 4) is 0 Å². The Balaban J connectivity index is 2.25. The Morgan fingerprint density at radius 1 is 1.18 bits per heavy atom. The fourth-order valence-electron chi connectivity index (χ4n) is 2.58. The van der Waals surface area contributed by atoms with Crippen molar-refractivity contribution in [1.29, 1.82) is 0 Å². The maximum Gasteiger partial charge on any atom is 0.0362 e. The molecular formula is C14H29NOS. The number of nitrogens with one attached hydrogen (secondary N) is 1. The minimum absolute atomic E-state index is 0.468. The third kappa shape index (κ3) is 6.01. The molecule has 1 rings (SSSR count). The van der Waals surface area contributed by atoms with Gasteiger partial charge in [0.25, 0.3) is 0 Å². The summed E-state index contributed by atoms with van der Waals surface area (Å²) in [5, 5.41) is 4.06. The van der Waals surface area contributed by atoms with Crippen molar-refractivity contribution < 1.29 is 4.21 Å². The van der Waals surface area contributed by atoms with Gasteiger partial charge in [-0.2, -0.15) is 0 Å². The zero-order chi connectivity index (χ0) is 12.5. The molecule has 1 aliphatic carbocycles. The van der Waals surface area contributed by atoms with Gasteiger partial charge in [0.05, 0.1) is 0 Å². The number of rotatable bonds is 8. The summed E-state index contributed by atoms with van der Waals surface area (Å²) in [5.41, 5.74) is 0. The molecule has 0 aliphatic heterocycles. The van der Waals surface area contributed by atoms with Crippen LogP contribution in [0.2, 0.25) is 0 Å². The van der Waals surface area contributed by atoms with Crippen molar-refractivity contribution in [1.82, 2.24) is 5.32 Å². The summed E-state index contributed by atoms with van der Waals surface area (Å²) in [6, 6.07) is 0.629. The van der Waals surface area contributed by atoms with Crippen LogP contribution in [0.4, 0.5) is 0 Å². The van der Waals surface area contributed by atoms with E-state index in [2.05, 4.69) is 19.2 Å². The van der Waals surface area contributed by atoms with E-state index in [-0.39, 0.29) is 0 Å². The second-order valence-electron chi connectivity index (χ2n) is 5.23. The molecule has 1 fully saturated rings. The van der Waals surface area contributed by atoms with Crippen LogP contribution in [0.25, 0.3) is 0 Å². The van der Waals surface area contributed by atoms with Crippen LogP contribution in [0.3, 0.4) is 0 Å². The number of hydrogen-bond acceptors (Lipinski definition) is 2. The maximum absolute atomic E-state index is 12.2. The van der Waals surface area contributed by atoms with E-state index in [4.69, 9.17) is 0 Å². The van der Waals surface area contributed by atoms with Crippen LogP contribution < -0.4 is 5.32 Å². The fourth-order valence-corrected chi connectivity index (χ4v) is 4.28. The maximum atomic E-state index is 12.2. The predicted molar refractivity (Wildman–Crippen MR) is 76.9 cm³/mol. The molecule has 3 atom stereocenters. The van der Waals surface area contributed by atoms with Gasteiger partial charge in [0, 0.05) is 27.8 Å². The summed E-state index contributed by atoms with van der Waals surface area (Å²) in [7, 11) is -0.574. The molecule has 3 unspecified atom stereocenters. The Kier molecular flexibility index (Phi) is 8.12. The fraction of sp³-hybridized carbons (Fsp3) is 1.00. The highest BCUT2D eigenvalue weighted by molar-refractivity contribution is 7.85. The summed E-state index contributed by atoms with van der Waals surface area (Å²) in [4.78, 5) is 0. The molecule has 0 aromatic carbocycles. The molecule has 0 aromatic heterocycles. The lowest BCUT2D eigenvalue weighted by atomic mass is 9.95. The third-order valence-corrected chi connectivity index (χ3v) is 5.49. The van der Waals surface area contributed by atoms with Crippen LogP contribution in [0, 0.1) is 0 Å². The average molecular weight is 259 g/mol. The molecule has 0 spiro atoms. The van der Waals surface area contributed by atoms with Crippen LogP contribution in [-0.2, 0) is 10.8 Å². The van der Waals surface area contributed by atoms with Crippen molar-refractivity contribution in [2.75, 3.05) is 12.3 Å². The molecule has 1 saturated carbocycles. The molecule has 2 nitrogen and oxygen atoms in total. The van der Waals surface area contributed by atoms with Gasteiger partial charge in [-0.25, -0.2) is 0 Å². The molecule has 102 valence electrons. The normalized spacial score (nSPS) is 26.9. The zero-order valence-corrected chi connectivity index (χ0v) is 12.4. The molecule has 1 N–H and O–H groups in total. The summed E-state index contributed by atoms with van der Waals surface area (Å²) in [6.07, 6.45) is 9.65. The van der Waals surface area contributed by atoms with Crippen molar-refractivity contribution in [2.45, 2.75) is 76.5 Å². The average Bonchev–Trinajstić information content (AvgIpc) is 2.37. The van der Waals surface area contributed by atoms with Crippen LogP contribution in [0.15, 0.2) is 0 Å². The molecule has 0 bridgehead atoms. The predicted octanol–water partition coefficient (Wildman–Crippen LogP) is 3.24. The van der Waals surface area contributed by atoms with Gasteiger partial charge < -0.3 is 5.32 Å². The Morgan fingerprint density at radius 3 is 2.71 bits per heavy atom. The molecule has 3 heteroatoms. The lowest BCUT2D eigenvalue weighted by Gasteiger charge is -2.29. The SMILES string of the molecule is CCCCCS(=O)C1CCCC(NCCC)C1. The first kappa shape index (κ1) is 15.2. The minimum Gasteiger partial charge on any atom is -0.314 e. The van der Waals surface area contributed by atoms with Crippen molar-refractivity contribution >= 4 is 10.8 Å². The Hall–Kier alpha value is 0.110. The van der Waals surface area contributed by atoms with Crippen LogP contribution in [0.1, 0.15) is 65.2 Å². The van der Waals surface area contributed by atoms with E-state index in [0.29, 0.717) is 11.3 Å². The molecule has 0 radical (unpaired) electrons. The molecular weight excluding hydrogens is 230 g/mol. The highest BCUT2D eigenvalue weighted by atomic mass is 32.2. The lowest BCUT2D eigenvalue weighted by molar-refractivity contribution is 0.377. The van der Waals surface area contributed by atoms with Gasteiger partial charge in [-0.1, -0.05) is 33.1 Å². The third-order valence-electron chi connectivity index (χ3n) is 3.63. The zero-order valence-electron chi connectivity index (χ0n) is 11.5. The van der Waals surface area contributed by atoms with Gasteiger partial charge in [0.1, 0.15) is 0 Å². The summed E-state index contributed by atoms with van der Waals surface area (Å²) in [6.45, 7) is 5.52. The smallest absolute Gasteiger partial charge is 0.0362 e. The first-order chi connectivity index (χ1) is 8.27. The number of hydrogen-bond donors (Lipinski definition) is 1. The van der Waals surface area contributed by atoms with Crippen LogP contribution >= 0.6 is 0 Å². The quantitative estimate of drug-likeness (QED) is 0.678. The van der Waals surface area contributed by atoms with E-state index in [1.807, 2.05) is 0 Å². The van der Waals surface area contributed by atoms with Gasteiger partial charge in [0.2, 0.25) is 0 Å². The molecule has 0 aromatic rings. The van der Waals surface area contributed by atoms with E-state index in [1.165, 1.54) is 38.5 Å². The summed E-state index contributed by atoms with van der Waals surface area (Å²) in [5.74, 6) is 0.930. The van der Waals surface area contributed by atoms with Crippen LogP contribution in [0.5, 0.6) is 0 Å². The topological polar surface area (TPSA) is 29.1 Å². The van der Waals surface area contributed by atoms with Gasteiger partial charge in [-0.05, 0) is 38.6 Å². The number of unbranched alkanes of at least 4 members (excludes halogenated alkanes) is 2. The Morgan fingerprint density at radius 2 is 2.00 bits per heavy atom. The second-order valence-corrected chi connectivity index (χ2v) is 7.07. The largest absolute Gasteiger partial charge is 0.314 e. The first-order valence-corrected chi connectivity index (χ1v) is 8.76. The highest BCUT2D eigenvalue weighted by Crippen LogP contribution is 2.23. The Labute approximate surface area is 109 Å². The second kappa shape index (κ2) is 9.09.